The van der Waals surface area contributed by atoms with Crippen LogP contribution in [0.4, 0.5) is 18.0 Å². The molecule has 2 aliphatic carbocycles. The minimum Gasteiger partial charge on any atom is -0.338 e. The molecule has 3 rings (SSSR count). The van der Waals surface area contributed by atoms with Gasteiger partial charge in [-0.2, -0.15) is 13.2 Å². The van der Waals surface area contributed by atoms with Gasteiger partial charge in [0.05, 0.1) is 5.56 Å². The summed E-state index contributed by atoms with van der Waals surface area (Å²) < 4.78 is 39.2. The van der Waals surface area contributed by atoms with Crippen molar-refractivity contribution < 1.29 is 22.8 Å². The quantitative estimate of drug-likeness (QED) is 0.298. The van der Waals surface area contributed by atoms with Gasteiger partial charge in [0.2, 0.25) is 0 Å². The lowest BCUT2D eigenvalue weighted by Gasteiger charge is -2.34. The van der Waals surface area contributed by atoms with E-state index in [0.717, 1.165) is 69.9 Å². The first kappa shape index (κ1) is 28.5. The van der Waals surface area contributed by atoms with Gasteiger partial charge in [-0.1, -0.05) is 51.9 Å². The molecule has 1 aromatic carbocycles. The van der Waals surface area contributed by atoms with E-state index >= 15 is 0 Å². The maximum absolute atomic E-state index is 13.1. The number of halogens is 3. The van der Waals surface area contributed by atoms with Crippen LogP contribution >= 0.6 is 0 Å². The molecule has 0 atom stereocenters. The first-order valence-electron chi connectivity index (χ1n) is 13.9. The molecular formula is C29H43F3N2O2. The van der Waals surface area contributed by atoms with Crippen molar-refractivity contribution in [1.82, 2.24) is 10.6 Å². The maximum Gasteiger partial charge on any atom is 0.416 e. The Balaban J connectivity index is 1.38. The molecule has 0 aliphatic heterocycles. The summed E-state index contributed by atoms with van der Waals surface area (Å²) in [5.41, 5.74) is -0.163. The molecule has 0 spiro atoms. The van der Waals surface area contributed by atoms with E-state index in [1.165, 1.54) is 25.7 Å². The molecule has 4 nitrogen and oxygen atoms in total. The van der Waals surface area contributed by atoms with Crippen LogP contribution < -0.4 is 10.6 Å². The number of amides is 2. The molecule has 2 amide bonds. The number of hydrogen-bond donors (Lipinski definition) is 2. The molecule has 202 valence electrons. The lowest BCUT2D eigenvalue weighted by molar-refractivity contribution is -0.137. The second-order valence-electron chi connectivity index (χ2n) is 11.2. The number of rotatable bonds is 11. The van der Waals surface area contributed by atoms with Crippen LogP contribution in [-0.2, 0) is 6.18 Å². The molecule has 0 bridgehead atoms. The number of ketones is 1. The normalized spacial score (nSPS) is 21.8. The molecule has 0 radical (unpaired) electrons. The average Bonchev–Trinajstić information content (AvgIpc) is 3.29. The van der Waals surface area contributed by atoms with Gasteiger partial charge >= 0.3 is 12.2 Å². The van der Waals surface area contributed by atoms with E-state index in [1.807, 2.05) is 0 Å². The lowest BCUT2D eigenvalue weighted by atomic mass is 9.76. The zero-order valence-corrected chi connectivity index (χ0v) is 21.9. The minimum atomic E-state index is -4.44. The predicted molar refractivity (Wildman–Crippen MR) is 137 cm³/mol. The van der Waals surface area contributed by atoms with Crippen molar-refractivity contribution in [3.05, 3.63) is 34.9 Å². The minimum absolute atomic E-state index is 0.0303. The summed E-state index contributed by atoms with van der Waals surface area (Å²) in [4.78, 5) is 24.8. The van der Waals surface area contributed by atoms with Gasteiger partial charge < -0.3 is 10.6 Å². The number of carbonyl (C=O) groups excluding carboxylic acids is 2. The van der Waals surface area contributed by atoms with Crippen LogP contribution in [-0.4, -0.2) is 23.9 Å². The van der Waals surface area contributed by atoms with Crippen LogP contribution in [0, 0.1) is 18.8 Å². The standard InChI is InChI=1S/C29H43F3N2O2/c1-3-17-33-27(36)34-28(14-4-5-15-28)16-13-23-11-9-22(10-12-23)7-6-8-26(35)24-18-21(2)19-25(20-24)29(30,31)32/h18-20,22-23H,3-17H2,1-2H3,(H2,33,34,36). The van der Waals surface area contributed by atoms with Gasteiger partial charge in [-0.3, -0.25) is 4.79 Å². The van der Waals surface area contributed by atoms with Crippen molar-refractivity contribution in [3.63, 3.8) is 0 Å². The van der Waals surface area contributed by atoms with Crippen LogP contribution in [0.3, 0.4) is 0 Å². The van der Waals surface area contributed by atoms with Gasteiger partial charge in [0.15, 0.2) is 5.78 Å². The highest BCUT2D eigenvalue weighted by atomic mass is 19.4. The van der Waals surface area contributed by atoms with E-state index in [0.29, 0.717) is 30.4 Å². The first-order chi connectivity index (χ1) is 17.1. The summed E-state index contributed by atoms with van der Waals surface area (Å²) in [6.07, 6.45) is 9.85. The van der Waals surface area contributed by atoms with Crippen molar-refractivity contribution in [3.8, 4) is 0 Å². The third kappa shape index (κ3) is 8.52. The van der Waals surface area contributed by atoms with Crippen LogP contribution in [0.5, 0.6) is 0 Å². The Hall–Kier alpha value is -2.05. The van der Waals surface area contributed by atoms with Crippen molar-refractivity contribution in [2.45, 2.75) is 115 Å². The summed E-state index contributed by atoms with van der Waals surface area (Å²) in [5, 5.41) is 6.25. The molecule has 2 fully saturated rings. The van der Waals surface area contributed by atoms with Crippen molar-refractivity contribution in [2.24, 2.45) is 11.8 Å². The third-order valence-electron chi connectivity index (χ3n) is 8.22. The highest BCUT2D eigenvalue weighted by molar-refractivity contribution is 5.96. The summed E-state index contributed by atoms with van der Waals surface area (Å²) in [6.45, 7) is 4.35. The van der Waals surface area contributed by atoms with Gasteiger partial charge in [-0.25, -0.2) is 4.79 Å². The summed E-state index contributed by atoms with van der Waals surface area (Å²) >= 11 is 0. The number of hydrogen-bond acceptors (Lipinski definition) is 2. The zero-order chi connectivity index (χ0) is 26.2. The maximum atomic E-state index is 13.1. The Labute approximate surface area is 214 Å². The Morgan fingerprint density at radius 3 is 2.25 bits per heavy atom. The zero-order valence-electron chi connectivity index (χ0n) is 21.9. The Bertz CT molecular complexity index is 870. The lowest BCUT2D eigenvalue weighted by Crippen LogP contribution is -2.50. The summed E-state index contributed by atoms with van der Waals surface area (Å²) in [7, 11) is 0. The molecule has 0 unspecified atom stereocenters. The van der Waals surface area contributed by atoms with Gasteiger partial charge in [0.1, 0.15) is 0 Å². The average molecular weight is 509 g/mol. The number of nitrogens with one attached hydrogen (secondary N) is 2. The van der Waals surface area contributed by atoms with Gasteiger partial charge in [0.25, 0.3) is 0 Å². The monoisotopic (exact) mass is 508 g/mol. The fraction of sp³-hybridized carbons (Fsp3) is 0.724. The molecule has 36 heavy (non-hydrogen) atoms. The van der Waals surface area contributed by atoms with Crippen molar-refractivity contribution in [1.29, 1.82) is 0 Å². The highest BCUT2D eigenvalue weighted by Gasteiger charge is 2.36. The molecule has 0 saturated heterocycles. The van der Waals surface area contributed by atoms with E-state index in [1.54, 1.807) is 13.0 Å². The number of alkyl halides is 3. The second kappa shape index (κ2) is 13.0. The SMILES string of the molecule is CCCNC(=O)NC1(CCC2CCC(CCCC(=O)c3cc(C)cc(C(F)(F)F)c3)CC2)CCCC1. The Morgan fingerprint density at radius 1 is 1.00 bits per heavy atom. The summed E-state index contributed by atoms with van der Waals surface area (Å²) in [5.74, 6) is 1.08. The smallest absolute Gasteiger partial charge is 0.338 e. The number of carbonyl (C=O) groups is 2. The summed E-state index contributed by atoms with van der Waals surface area (Å²) in [6, 6.07) is 3.60. The Morgan fingerprint density at radius 2 is 1.64 bits per heavy atom. The molecule has 2 saturated carbocycles. The number of Topliss-reactive ketones (excluding diaryl/α,β-unsaturated/α-hetero) is 1. The number of aryl methyl sites for hydroxylation is 1. The molecule has 2 N–H and O–H groups in total. The van der Waals surface area contributed by atoms with E-state index < -0.39 is 11.7 Å². The van der Waals surface area contributed by atoms with Crippen LogP contribution in [0.15, 0.2) is 18.2 Å². The molecular weight excluding hydrogens is 465 g/mol. The molecule has 2 aliphatic rings. The largest absolute Gasteiger partial charge is 0.416 e. The first-order valence-corrected chi connectivity index (χ1v) is 13.9. The van der Waals surface area contributed by atoms with E-state index in [2.05, 4.69) is 17.6 Å². The van der Waals surface area contributed by atoms with Crippen LogP contribution in [0.25, 0.3) is 0 Å². The van der Waals surface area contributed by atoms with E-state index in [9.17, 15) is 22.8 Å². The fourth-order valence-electron chi connectivity index (χ4n) is 6.11. The van der Waals surface area contributed by atoms with Gasteiger partial charge in [-0.05, 0) is 81.0 Å². The number of urea groups is 1. The topological polar surface area (TPSA) is 58.2 Å². The molecule has 7 heteroatoms. The van der Waals surface area contributed by atoms with E-state index in [-0.39, 0.29) is 22.9 Å². The second-order valence-corrected chi connectivity index (χ2v) is 11.2. The van der Waals surface area contributed by atoms with Crippen molar-refractivity contribution in [2.75, 3.05) is 6.54 Å². The Kier molecular flexibility index (Phi) is 10.3. The molecule has 1 aromatic rings. The fourth-order valence-corrected chi connectivity index (χ4v) is 6.11. The van der Waals surface area contributed by atoms with Crippen LogP contribution in [0.2, 0.25) is 0 Å². The molecule has 0 heterocycles. The number of benzene rings is 1. The van der Waals surface area contributed by atoms with Gasteiger partial charge in [0, 0.05) is 24.1 Å². The highest BCUT2D eigenvalue weighted by Crippen LogP contribution is 2.39. The third-order valence-corrected chi connectivity index (χ3v) is 8.22. The van der Waals surface area contributed by atoms with E-state index in [4.69, 9.17) is 0 Å². The van der Waals surface area contributed by atoms with Crippen LogP contribution in [0.1, 0.15) is 118 Å². The predicted octanol–water partition coefficient (Wildman–Crippen LogP) is 7.98. The molecule has 0 aromatic heterocycles. The van der Waals surface area contributed by atoms with Crippen molar-refractivity contribution >= 4 is 11.8 Å². The van der Waals surface area contributed by atoms with Gasteiger partial charge in [-0.15, -0.1) is 0 Å².